The Bertz CT molecular complexity index is 1820. The van der Waals surface area contributed by atoms with Gasteiger partial charge in [0.25, 0.3) is 11.8 Å². The maximum Gasteiger partial charge on any atom is 0.341 e. The number of hydrogen-bond donors (Lipinski definition) is 3. The minimum Gasteiger partial charge on any atom is -0.462 e. The molecular formula is C36H34BrN3O5S2. The lowest BCUT2D eigenvalue weighted by molar-refractivity contribution is -0.115. The van der Waals surface area contributed by atoms with Crippen molar-refractivity contribution in [2.75, 3.05) is 17.2 Å². The van der Waals surface area contributed by atoms with Crippen LogP contribution in [0.25, 0.3) is 6.08 Å². The number of benzene rings is 3. The maximum atomic E-state index is 13.5. The van der Waals surface area contributed by atoms with Crippen molar-refractivity contribution in [3.8, 4) is 0 Å². The molecular weight excluding hydrogens is 698 g/mol. The lowest BCUT2D eigenvalue weighted by Gasteiger charge is -2.15. The quantitative estimate of drug-likeness (QED) is 0.0817. The van der Waals surface area contributed by atoms with Crippen LogP contribution < -0.4 is 16.0 Å². The Morgan fingerprint density at radius 1 is 0.957 bits per heavy atom. The number of nitrogens with one attached hydrogen (secondary N) is 3. The van der Waals surface area contributed by atoms with E-state index in [0.717, 1.165) is 51.1 Å². The monoisotopic (exact) mass is 731 g/mol. The van der Waals surface area contributed by atoms with Crippen molar-refractivity contribution < 1.29 is 23.9 Å². The predicted molar refractivity (Wildman–Crippen MR) is 192 cm³/mol. The van der Waals surface area contributed by atoms with Crippen molar-refractivity contribution in [1.82, 2.24) is 5.32 Å². The Morgan fingerprint density at radius 3 is 2.49 bits per heavy atom. The van der Waals surface area contributed by atoms with E-state index in [0.29, 0.717) is 21.8 Å². The van der Waals surface area contributed by atoms with E-state index >= 15 is 0 Å². The number of rotatable bonds is 11. The summed E-state index contributed by atoms with van der Waals surface area (Å²) in [5, 5.41) is 8.64. The standard InChI is InChI=1S/C36H34BrN3O5S2/c1-3-45-36(44)31-28-17-7-8-18-30(28)47-35(31)40-32(41)22(2)46-27-16-10-15-26(21-27)38-34(43)29(20-23-11-9-14-25(37)19-23)39-33(42)24-12-5-4-6-13-24/h4-6,9-16,19-22H,3,7-8,17-18H2,1-2H3,(H,38,43)(H,39,42)(H,40,41)/b29-20+. The van der Waals surface area contributed by atoms with Gasteiger partial charge in [0, 0.05) is 25.5 Å². The van der Waals surface area contributed by atoms with E-state index in [9.17, 15) is 19.2 Å². The smallest absolute Gasteiger partial charge is 0.341 e. The summed E-state index contributed by atoms with van der Waals surface area (Å²) in [7, 11) is 0. The highest BCUT2D eigenvalue weighted by Crippen LogP contribution is 2.39. The molecule has 0 aliphatic heterocycles. The van der Waals surface area contributed by atoms with Crippen LogP contribution in [-0.2, 0) is 27.2 Å². The summed E-state index contributed by atoms with van der Waals surface area (Å²) < 4.78 is 6.15. The molecule has 0 spiro atoms. The van der Waals surface area contributed by atoms with Crippen LogP contribution in [0.3, 0.4) is 0 Å². The van der Waals surface area contributed by atoms with Gasteiger partial charge < -0.3 is 20.7 Å². The lowest BCUT2D eigenvalue weighted by atomic mass is 9.95. The average molecular weight is 733 g/mol. The number of aryl methyl sites for hydroxylation is 1. The molecule has 3 amide bonds. The van der Waals surface area contributed by atoms with Gasteiger partial charge in [0.1, 0.15) is 10.7 Å². The second-order valence-electron chi connectivity index (χ2n) is 10.8. The molecule has 0 fully saturated rings. The largest absolute Gasteiger partial charge is 0.462 e. The average Bonchev–Trinajstić information content (AvgIpc) is 3.43. The van der Waals surface area contributed by atoms with Crippen molar-refractivity contribution in [3.05, 3.63) is 116 Å². The molecule has 0 saturated heterocycles. The fourth-order valence-electron chi connectivity index (χ4n) is 5.10. The van der Waals surface area contributed by atoms with Crippen molar-refractivity contribution in [2.24, 2.45) is 0 Å². The van der Waals surface area contributed by atoms with E-state index < -0.39 is 23.0 Å². The summed E-state index contributed by atoms with van der Waals surface area (Å²) in [6.45, 7) is 3.82. The minimum absolute atomic E-state index is 0.0683. The number of thiophene rings is 1. The Labute approximate surface area is 290 Å². The molecule has 1 unspecified atom stereocenters. The van der Waals surface area contributed by atoms with Crippen LogP contribution in [0.4, 0.5) is 10.7 Å². The summed E-state index contributed by atoms with van der Waals surface area (Å²) in [6, 6.07) is 23.2. The Morgan fingerprint density at radius 2 is 1.72 bits per heavy atom. The second kappa shape index (κ2) is 16.1. The van der Waals surface area contributed by atoms with E-state index in [1.54, 1.807) is 62.4 Å². The predicted octanol–water partition coefficient (Wildman–Crippen LogP) is 8.10. The van der Waals surface area contributed by atoms with Crippen LogP contribution >= 0.6 is 39.0 Å². The molecule has 0 radical (unpaired) electrons. The zero-order valence-corrected chi connectivity index (χ0v) is 29.2. The summed E-state index contributed by atoms with van der Waals surface area (Å²) in [5.74, 6) is -1.56. The third-order valence-corrected chi connectivity index (χ3v) is 10.1. The number of carbonyl (C=O) groups is 4. The number of anilines is 2. The molecule has 47 heavy (non-hydrogen) atoms. The van der Waals surface area contributed by atoms with E-state index in [4.69, 9.17) is 4.74 Å². The van der Waals surface area contributed by atoms with Crippen molar-refractivity contribution in [2.45, 2.75) is 49.7 Å². The van der Waals surface area contributed by atoms with Gasteiger partial charge in [-0.2, -0.15) is 0 Å². The van der Waals surface area contributed by atoms with Crippen LogP contribution in [0.1, 0.15) is 63.4 Å². The van der Waals surface area contributed by atoms with Gasteiger partial charge in [-0.15, -0.1) is 23.1 Å². The number of carbonyl (C=O) groups excluding carboxylic acids is 4. The van der Waals surface area contributed by atoms with Gasteiger partial charge in [-0.25, -0.2) is 4.79 Å². The topological polar surface area (TPSA) is 114 Å². The summed E-state index contributed by atoms with van der Waals surface area (Å²) in [5.41, 5.74) is 3.18. The van der Waals surface area contributed by atoms with Gasteiger partial charge in [0.05, 0.1) is 17.4 Å². The number of thioether (sulfide) groups is 1. The molecule has 4 aromatic rings. The van der Waals surface area contributed by atoms with Gasteiger partial charge in [-0.05, 0) is 99.2 Å². The zero-order valence-electron chi connectivity index (χ0n) is 25.9. The van der Waals surface area contributed by atoms with E-state index in [1.807, 2.05) is 36.4 Å². The van der Waals surface area contributed by atoms with Crippen LogP contribution in [-0.4, -0.2) is 35.5 Å². The number of hydrogen-bond acceptors (Lipinski definition) is 7. The number of ether oxygens (including phenoxy) is 1. The molecule has 0 saturated carbocycles. The first-order chi connectivity index (χ1) is 22.7. The van der Waals surface area contributed by atoms with Gasteiger partial charge in [-0.3, -0.25) is 14.4 Å². The number of halogens is 1. The molecule has 1 aliphatic carbocycles. The number of fused-ring (bicyclic) bond motifs is 1. The molecule has 1 aromatic heterocycles. The summed E-state index contributed by atoms with van der Waals surface area (Å²) in [6.07, 6.45) is 5.36. The Hall–Kier alpha value is -4.19. The lowest BCUT2D eigenvalue weighted by Crippen LogP contribution is -2.30. The highest BCUT2D eigenvalue weighted by Gasteiger charge is 2.28. The van der Waals surface area contributed by atoms with Gasteiger partial charge in [0.2, 0.25) is 5.91 Å². The molecule has 3 N–H and O–H groups in total. The SMILES string of the molecule is CCOC(=O)c1c(NC(=O)C(C)Sc2cccc(NC(=O)/C(=C\c3cccc(Br)c3)NC(=O)c3ccccc3)c2)sc2c1CCCC2. The van der Waals surface area contributed by atoms with E-state index in [1.165, 1.54) is 23.1 Å². The first kappa shape index (κ1) is 34.2. The third-order valence-electron chi connectivity index (χ3n) is 7.35. The first-order valence-corrected chi connectivity index (χ1v) is 17.7. The highest BCUT2D eigenvalue weighted by molar-refractivity contribution is 9.10. The molecule has 0 bridgehead atoms. The maximum absolute atomic E-state index is 13.5. The highest BCUT2D eigenvalue weighted by atomic mass is 79.9. The second-order valence-corrected chi connectivity index (χ2v) is 14.2. The van der Waals surface area contributed by atoms with Crippen LogP contribution in [0.15, 0.2) is 93.9 Å². The van der Waals surface area contributed by atoms with Gasteiger partial charge in [0.15, 0.2) is 0 Å². The van der Waals surface area contributed by atoms with Crippen molar-refractivity contribution in [3.63, 3.8) is 0 Å². The molecule has 8 nitrogen and oxygen atoms in total. The molecule has 1 atom stereocenters. The molecule has 11 heteroatoms. The normalized spacial score (nSPS) is 13.2. The van der Waals surface area contributed by atoms with E-state index in [-0.39, 0.29) is 18.2 Å². The molecule has 5 rings (SSSR count). The minimum atomic E-state index is -0.507. The number of esters is 1. The molecule has 1 heterocycles. The Balaban J connectivity index is 1.29. The summed E-state index contributed by atoms with van der Waals surface area (Å²) in [4.78, 5) is 54.5. The zero-order chi connectivity index (χ0) is 33.3. The molecule has 242 valence electrons. The van der Waals surface area contributed by atoms with Crippen LogP contribution in [0.2, 0.25) is 0 Å². The van der Waals surface area contributed by atoms with Crippen LogP contribution in [0.5, 0.6) is 0 Å². The van der Waals surface area contributed by atoms with Crippen molar-refractivity contribution in [1.29, 1.82) is 0 Å². The summed E-state index contributed by atoms with van der Waals surface area (Å²) >= 11 is 6.23. The van der Waals surface area contributed by atoms with Gasteiger partial charge >= 0.3 is 5.97 Å². The molecule has 1 aliphatic rings. The Kier molecular flexibility index (Phi) is 11.7. The third kappa shape index (κ3) is 9.00. The molecule has 3 aromatic carbocycles. The first-order valence-electron chi connectivity index (χ1n) is 15.3. The van der Waals surface area contributed by atoms with Crippen molar-refractivity contribution >= 4 is 79.5 Å². The fourth-order valence-corrected chi connectivity index (χ4v) is 7.72. The van der Waals surface area contributed by atoms with Crippen LogP contribution in [0, 0.1) is 0 Å². The number of amides is 3. The van der Waals surface area contributed by atoms with E-state index in [2.05, 4.69) is 31.9 Å². The van der Waals surface area contributed by atoms with Gasteiger partial charge in [-0.1, -0.05) is 52.3 Å². The fraction of sp³-hybridized carbons (Fsp3) is 0.222.